The molecule has 0 unspecified atom stereocenters. The van der Waals surface area contributed by atoms with Crippen LogP contribution in [0.5, 0.6) is 5.75 Å². The lowest BCUT2D eigenvalue weighted by Crippen LogP contribution is -2.47. The summed E-state index contributed by atoms with van der Waals surface area (Å²) in [6, 6.07) is 10.1. The van der Waals surface area contributed by atoms with Crippen LogP contribution in [0.3, 0.4) is 0 Å². The second-order valence-electron chi connectivity index (χ2n) is 6.55. The molecule has 0 N–H and O–H groups in total. The van der Waals surface area contributed by atoms with E-state index in [0.29, 0.717) is 0 Å². The Balaban J connectivity index is 1.41. The SMILES string of the molecule is Cc1nn(C)c(C)c1CN1CCN(CCOc2ccccc2)CC1. The summed E-state index contributed by atoms with van der Waals surface area (Å²) in [6.45, 7) is 11.5. The van der Waals surface area contributed by atoms with Crippen LogP contribution in [-0.2, 0) is 13.6 Å². The molecule has 1 fully saturated rings. The van der Waals surface area contributed by atoms with E-state index in [0.717, 1.165) is 57.3 Å². The molecule has 0 amide bonds. The van der Waals surface area contributed by atoms with E-state index in [9.17, 15) is 0 Å². The van der Waals surface area contributed by atoms with Crippen molar-refractivity contribution in [3.63, 3.8) is 0 Å². The lowest BCUT2D eigenvalue weighted by atomic mass is 10.1. The van der Waals surface area contributed by atoms with Gasteiger partial charge < -0.3 is 4.74 Å². The van der Waals surface area contributed by atoms with Crippen LogP contribution in [0.2, 0.25) is 0 Å². The number of hydrogen-bond donors (Lipinski definition) is 0. The number of benzene rings is 1. The number of piperazine rings is 1. The van der Waals surface area contributed by atoms with Gasteiger partial charge in [0.25, 0.3) is 0 Å². The van der Waals surface area contributed by atoms with E-state index in [1.54, 1.807) is 0 Å². The maximum Gasteiger partial charge on any atom is 0.119 e. The van der Waals surface area contributed by atoms with Crippen LogP contribution in [0, 0.1) is 13.8 Å². The Morgan fingerprint density at radius 1 is 1.00 bits per heavy atom. The summed E-state index contributed by atoms with van der Waals surface area (Å²) in [5, 5.41) is 4.52. The fourth-order valence-corrected chi connectivity index (χ4v) is 3.25. The average Bonchev–Trinajstić information content (AvgIpc) is 2.84. The van der Waals surface area contributed by atoms with Crippen molar-refractivity contribution in [1.82, 2.24) is 19.6 Å². The van der Waals surface area contributed by atoms with Gasteiger partial charge in [-0.2, -0.15) is 5.10 Å². The third kappa shape index (κ3) is 4.16. The van der Waals surface area contributed by atoms with Gasteiger partial charge in [0.05, 0.1) is 5.69 Å². The maximum absolute atomic E-state index is 5.80. The van der Waals surface area contributed by atoms with Crippen molar-refractivity contribution >= 4 is 0 Å². The average molecular weight is 328 g/mol. The minimum Gasteiger partial charge on any atom is -0.492 e. The Kier molecular flexibility index (Phi) is 5.53. The van der Waals surface area contributed by atoms with Crippen molar-refractivity contribution in [3.8, 4) is 5.75 Å². The topological polar surface area (TPSA) is 33.5 Å². The second kappa shape index (κ2) is 7.81. The zero-order chi connectivity index (χ0) is 16.9. The predicted octanol–water partition coefficient (Wildman–Crippen LogP) is 2.23. The van der Waals surface area contributed by atoms with Gasteiger partial charge in [0.2, 0.25) is 0 Å². The Bertz CT molecular complexity index is 645. The molecule has 3 rings (SSSR count). The molecule has 0 radical (unpaired) electrons. The van der Waals surface area contributed by atoms with Crippen molar-refractivity contribution in [2.45, 2.75) is 20.4 Å². The highest BCUT2D eigenvalue weighted by molar-refractivity contribution is 5.24. The molecular formula is C19H28N4O. The van der Waals surface area contributed by atoms with Gasteiger partial charge in [-0.25, -0.2) is 0 Å². The number of aromatic nitrogens is 2. The number of para-hydroxylation sites is 1. The van der Waals surface area contributed by atoms with Crippen molar-refractivity contribution in [3.05, 3.63) is 47.3 Å². The summed E-state index contributed by atoms with van der Waals surface area (Å²) < 4.78 is 7.79. The van der Waals surface area contributed by atoms with Gasteiger partial charge >= 0.3 is 0 Å². The second-order valence-corrected chi connectivity index (χ2v) is 6.55. The summed E-state index contributed by atoms with van der Waals surface area (Å²) in [5.41, 5.74) is 3.83. The van der Waals surface area contributed by atoms with Gasteiger partial charge in [-0.05, 0) is 26.0 Å². The highest BCUT2D eigenvalue weighted by Gasteiger charge is 2.19. The highest BCUT2D eigenvalue weighted by atomic mass is 16.5. The molecule has 0 bridgehead atoms. The third-order valence-corrected chi connectivity index (χ3v) is 4.92. The Morgan fingerprint density at radius 2 is 1.67 bits per heavy atom. The van der Waals surface area contributed by atoms with Gasteiger partial charge in [-0.3, -0.25) is 14.5 Å². The van der Waals surface area contributed by atoms with Crippen LogP contribution in [0.1, 0.15) is 17.0 Å². The van der Waals surface area contributed by atoms with Crippen molar-refractivity contribution in [1.29, 1.82) is 0 Å². The molecule has 5 heteroatoms. The third-order valence-electron chi connectivity index (χ3n) is 4.92. The van der Waals surface area contributed by atoms with Gasteiger partial charge in [0.15, 0.2) is 0 Å². The largest absolute Gasteiger partial charge is 0.492 e. The first kappa shape index (κ1) is 17.0. The van der Waals surface area contributed by atoms with E-state index in [-0.39, 0.29) is 0 Å². The molecule has 5 nitrogen and oxygen atoms in total. The Morgan fingerprint density at radius 3 is 2.29 bits per heavy atom. The van der Waals surface area contributed by atoms with Crippen molar-refractivity contribution in [2.24, 2.45) is 7.05 Å². The van der Waals surface area contributed by atoms with Crippen LogP contribution in [0.15, 0.2) is 30.3 Å². The van der Waals surface area contributed by atoms with E-state index in [1.807, 2.05) is 42.1 Å². The smallest absolute Gasteiger partial charge is 0.119 e. The first-order chi connectivity index (χ1) is 11.6. The number of hydrogen-bond acceptors (Lipinski definition) is 4. The molecule has 1 aromatic heterocycles. The molecule has 1 aliphatic rings. The lowest BCUT2D eigenvalue weighted by molar-refractivity contribution is 0.112. The minimum atomic E-state index is 0.755. The van der Waals surface area contributed by atoms with Gasteiger partial charge in [-0.1, -0.05) is 18.2 Å². The zero-order valence-electron chi connectivity index (χ0n) is 15.0. The van der Waals surface area contributed by atoms with E-state index in [1.165, 1.54) is 11.3 Å². The zero-order valence-corrected chi connectivity index (χ0v) is 15.0. The Labute approximate surface area is 144 Å². The molecule has 1 saturated heterocycles. The van der Waals surface area contributed by atoms with Gasteiger partial charge in [0, 0.05) is 57.6 Å². The first-order valence-corrected chi connectivity index (χ1v) is 8.75. The van der Waals surface area contributed by atoms with E-state index < -0.39 is 0 Å². The fraction of sp³-hybridized carbons (Fsp3) is 0.526. The number of rotatable bonds is 6. The lowest BCUT2D eigenvalue weighted by Gasteiger charge is -2.34. The summed E-state index contributed by atoms with van der Waals surface area (Å²) in [4.78, 5) is 5.02. The molecule has 1 aliphatic heterocycles. The molecule has 0 aliphatic carbocycles. The molecule has 2 aromatic rings. The van der Waals surface area contributed by atoms with Crippen LogP contribution < -0.4 is 4.74 Å². The molecule has 1 aromatic carbocycles. The van der Waals surface area contributed by atoms with Crippen LogP contribution in [0.25, 0.3) is 0 Å². The van der Waals surface area contributed by atoms with Crippen LogP contribution >= 0.6 is 0 Å². The standard InChI is InChI=1S/C19H28N4O/c1-16-19(17(2)21(3)20-16)15-23-11-9-22(10-12-23)13-14-24-18-7-5-4-6-8-18/h4-8H,9-15H2,1-3H3. The fourth-order valence-electron chi connectivity index (χ4n) is 3.25. The van der Waals surface area contributed by atoms with Gasteiger partial charge in [-0.15, -0.1) is 0 Å². The monoisotopic (exact) mass is 328 g/mol. The van der Waals surface area contributed by atoms with Crippen LogP contribution in [-0.4, -0.2) is 58.9 Å². The summed E-state index contributed by atoms with van der Waals surface area (Å²) >= 11 is 0. The number of ether oxygens (including phenoxy) is 1. The quantitative estimate of drug-likeness (QED) is 0.814. The van der Waals surface area contributed by atoms with E-state index >= 15 is 0 Å². The summed E-state index contributed by atoms with van der Waals surface area (Å²) in [7, 11) is 2.02. The first-order valence-electron chi connectivity index (χ1n) is 8.75. The summed E-state index contributed by atoms with van der Waals surface area (Å²) in [6.07, 6.45) is 0. The molecule has 0 spiro atoms. The minimum absolute atomic E-state index is 0.755. The van der Waals surface area contributed by atoms with Crippen molar-refractivity contribution < 1.29 is 4.74 Å². The van der Waals surface area contributed by atoms with Gasteiger partial charge in [0.1, 0.15) is 12.4 Å². The predicted molar refractivity (Wildman–Crippen MR) is 96.3 cm³/mol. The van der Waals surface area contributed by atoms with Crippen LogP contribution in [0.4, 0.5) is 0 Å². The molecule has 0 saturated carbocycles. The molecule has 2 heterocycles. The number of aryl methyl sites for hydroxylation is 2. The summed E-state index contributed by atoms with van der Waals surface area (Å²) in [5.74, 6) is 0.957. The Hall–Kier alpha value is -1.85. The molecular weight excluding hydrogens is 300 g/mol. The van der Waals surface area contributed by atoms with E-state index in [4.69, 9.17) is 4.74 Å². The molecule has 130 valence electrons. The maximum atomic E-state index is 5.80. The molecule has 0 atom stereocenters. The number of nitrogens with zero attached hydrogens (tertiary/aromatic N) is 4. The molecule has 24 heavy (non-hydrogen) atoms. The normalized spacial score (nSPS) is 16.5. The highest BCUT2D eigenvalue weighted by Crippen LogP contribution is 2.16. The van der Waals surface area contributed by atoms with E-state index in [2.05, 4.69) is 28.7 Å². The van der Waals surface area contributed by atoms with Crippen molar-refractivity contribution in [2.75, 3.05) is 39.3 Å².